The molecule has 7 heteroatoms. The molecular formula is C28H31ClN2O4. The van der Waals surface area contributed by atoms with Crippen molar-refractivity contribution < 1.29 is 18.7 Å². The Bertz CT molecular complexity index is 1260. The lowest BCUT2D eigenvalue weighted by Gasteiger charge is -2.35. The number of hydrogen-bond acceptors (Lipinski definition) is 5. The summed E-state index contributed by atoms with van der Waals surface area (Å²) in [6.45, 7) is 7.30. The van der Waals surface area contributed by atoms with E-state index in [4.69, 9.17) is 20.8 Å². The molecule has 1 aromatic heterocycles. The number of nitrogens with one attached hydrogen (secondary N) is 1. The highest BCUT2D eigenvalue weighted by Crippen LogP contribution is 2.44. The SMILES string of the molecule is Cc1c(C(=O)NCCN2CCCCCC2)oc2ccc3c(c12)C(=O)CC(C)(c1ccc(Cl)cc1)O3. The molecule has 0 saturated carbocycles. The summed E-state index contributed by atoms with van der Waals surface area (Å²) in [6.07, 6.45) is 5.19. The zero-order valence-electron chi connectivity index (χ0n) is 20.3. The maximum Gasteiger partial charge on any atom is 0.287 e. The molecule has 5 rings (SSSR count). The molecule has 1 amide bonds. The molecule has 0 bridgehead atoms. The number of amides is 1. The Morgan fingerprint density at radius 1 is 1.09 bits per heavy atom. The van der Waals surface area contributed by atoms with Gasteiger partial charge in [0.1, 0.15) is 16.9 Å². The summed E-state index contributed by atoms with van der Waals surface area (Å²) >= 11 is 6.04. The highest BCUT2D eigenvalue weighted by molar-refractivity contribution is 6.30. The number of hydrogen-bond donors (Lipinski definition) is 1. The fourth-order valence-corrected chi connectivity index (χ4v) is 5.43. The second-order valence-electron chi connectivity index (χ2n) is 9.82. The van der Waals surface area contributed by atoms with E-state index in [9.17, 15) is 9.59 Å². The Kier molecular flexibility index (Phi) is 6.60. The molecule has 2 aromatic carbocycles. The van der Waals surface area contributed by atoms with E-state index in [1.165, 1.54) is 25.7 Å². The summed E-state index contributed by atoms with van der Waals surface area (Å²) in [5.41, 5.74) is 1.75. The summed E-state index contributed by atoms with van der Waals surface area (Å²) in [6, 6.07) is 10.9. The Morgan fingerprint density at radius 3 is 2.51 bits per heavy atom. The van der Waals surface area contributed by atoms with Crippen LogP contribution in [0.4, 0.5) is 0 Å². The minimum Gasteiger partial charge on any atom is -0.482 e. The molecule has 6 nitrogen and oxygen atoms in total. The molecule has 0 spiro atoms. The maximum absolute atomic E-state index is 13.4. The molecule has 3 heterocycles. The average molecular weight is 495 g/mol. The monoisotopic (exact) mass is 494 g/mol. The van der Waals surface area contributed by atoms with Crippen LogP contribution < -0.4 is 10.1 Å². The second-order valence-corrected chi connectivity index (χ2v) is 10.3. The van der Waals surface area contributed by atoms with Crippen LogP contribution >= 0.6 is 11.6 Å². The summed E-state index contributed by atoms with van der Waals surface area (Å²) in [5.74, 6) is 0.468. The van der Waals surface area contributed by atoms with Crippen LogP contribution in [0.2, 0.25) is 5.02 Å². The Hall–Kier alpha value is -2.83. The van der Waals surface area contributed by atoms with Crippen molar-refractivity contribution in [2.24, 2.45) is 0 Å². The second kappa shape index (κ2) is 9.67. The quantitative estimate of drug-likeness (QED) is 0.479. The molecule has 3 aromatic rings. The van der Waals surface area contributed by atoms with E-state index in [1.54, 1.807) is 24.3 Å². The normalized spacial score (nSPS) is 20.8. The van der Waals surface area contributed by atoms with Gasteiger partial charge in [0, 0.05) is 29.1 Å². The molecule has 1 saturated heterocycles. The number of halogens is 1. The number of ketones is 1. The zero-order chi connectivity index (χ0) is 24.6. The first kappa shape index (κ1) is 23.9. The minimum atomic E-state index is -0.798. The number of carbonyl (C=O) groups is 2. The van der Waals surface area contributed by atoms with Crippen molar-refractivity contribution in [1.29, 1.82) is 0 Å². The van der Waals surface area contributed by atoms with Gasteiger partial charge in [-0.05, 0) is 69.6 Å². The summed E-state index contributed by atoms with van der Waals surface area (Å²) in [4.78, 5) is 28.8. The maximum atomic E-state index is 13.4. The lowest BCUT2D eigenvalue weighted by atomic mass is 9.84. The van der Waals surface area contributed by atoms with E-state index < -0.39 is 5.60 Å². The molecule has 1 N–H and O–H groups in total. The summed E-state index contributed by atoms with van der Waals surface area (Å²) in [7, 11) is 0. The first-order valence-corrected chi connectivity index (χ1v) is 12.8. The van der Waals surface area contributed by atoms with E-state index in [0.717, 1.165) is 25.2 Å². The lowest BCUT2D eigenvalue weighted by Crippen LogP contribution is -2.36. The highest BCUT2D eigenvalue weighted by atomic mass is 35.5. The first-order chi connectivity index (χ1) is 16.9. The van der Waals surface area contributed by atoms with Crippen LogP contribution in [0.15, 0.2) is 40.8 Å². The standard InChI is InChI=1S/C28H31ClN2O4/c1-18-24-22(34-26(18)27(33)30-13-16-31-14-5-3-4-6-15-31)11-12-23-25(24)21(32)17-28(2,35-23)19-7-9-20(29)10-8-19/h7-12H,3-6,13-17H2,1-2H3,(H,30,33). The van der Waals surface area contributed by atoms with Crippen molar-refractivity contribution in [2.45, 2.75) is 51.6 Å². The van der Waals surface area contributed by atoms with Gasteiger partial charge in [-0.25, -0.2) is 0 Å². The van der Waals surface area contributed by atoms with Crippen LogP contribution in [0, 0.1) is 6.92 Å². The molecular weight excluding hydrogens is 464 g/mol. The Labute approximate surface area is 210 Å². The third-order valence-corrected chi connectivity index (χ3v) is 7.49. The predicted octanol–water partition coefficient (Wildman–Crippen LogP) is 5.88. The minimum absolute atomic E-state index is 0.0358. The van der Waals surface area contributed by atoms with Crippen LogP contribution in [-0.2, 0) is 5.60 Å². The molecule has 184 valence electrons. The number of furan rings is 1. The fourth-order valence-electron chi connectivity index (χ4n) is 5.30. The van der Waals surface area contributed by atoms with Gasteiger partial charge in [-0.15, -0.1) is 0 Å². The Morgan fingerprint density at radius 2 is 1.80 bits per heavy atom. The van der Waals surface area contributed by atoms with E-state index in [1.807, 2.05) is 26.0 Å². The van der Waals surface area contributed by atoms with Crippen molar-refractivity contribution in [1.82, 2.24) is 10.2 Å². The highest BCUT2D eigenvalue weighted by Gasteiger charge is 2.40. The van der Waals surface area contributed by atoms with Gasteiger partial charge in [-0.3, -0.25) is 9.59 Å². The van der Waals surface area contributed by atoms with E-state index in [2.05, 4.69) is 10.2 Å². The molecule has 1 atom stereocenters. The third-order valence-electron chi connectivity index (χ3n) is 7.24. The van der Waals surface area contributed by atoms with Crippen LogP contribution in [0.1, 0.15) is 71.1 Å². The fraction of sp³-hybridized carbons (Fsp3) is 0.429. The summed E-state index contributed by atoms with van der Waals surface area (Å²) < 4.78 is 12.3. The number of likely N-dealkylation sites (tertiary alicyclic amines) is 1. The molecule has 0 radical (unpaired) electrons. The van der Waals surface area contributed by atoms with Crippen molar-refractivity contribution in [2.75, 3.05) is 26.2 Å². The molecule has 2 aliphatic heterocycles. The number of nitrogens with zero attached hydrogens (tertiary/aromatic N) is 1. The number of aryl methyl sites for hydroxylation is 1. The van der Waals surface area contributed by atoms with Gasteiger partial charge in [0.05, 0.1) is 12.0 Å². The topological polar surface area (TPSA) is 71.8 Å². The van der Waals surface area contributed by atoms with Crippen LogP contribution in [-0.4, -0.2) is 42.8 Å². The number of benzene rings is 2. The first-order valence-electron chi connectivity index (χ1n) is 12.4. The average Bonchev–Trinajstić information content (AvgIpc) is 2.99. The van der Waals surface area contributed by atoms with Gasteiger partial charge in [0.25, 0.3) is 5.91 Å². The van der Waals surface area contributed by atoms with Gasteiger partial charge in [-0.1, -0.05) is 36.6 Å². The van der Waals surface area contributed by atoms with Crippen LogP contribution in [0.5, 0.6) is 5.75 Å². The molecule has 1 fully saturated rings. The lowest BCUT2D eigenvalue weighted by molar-refractivity contribution is 0.0507. The van der Waals surface area contributed by atoms with Gasteiger partial charge in [0.2, 0.25) is 0 Å². The van der Waals surface area contributed by atoms with E-state index in [-0.39, 0.29) is 23.9 Å². The van der Waals surface area contributed by atoms with Crippen molar-refractivity contribution in [3.8, 4) is 5.75 Å². The van der Waals surface area contributed by atoms with Crippen molar-refractivity contribution >= 4 is 34.3 Å². The number of carbonyl (C=O) groups excluding carboxylic acids is 2. The van der Waals surface area contributed by atoms with Gasteiger partial charge >= 0.3 is 0 Å². The third kappa shape index (κ3) is 4.69. The zero-order valence-corrected chi connectivity index (χ0v) is 21.0. The molecule has 0 aliphatic carbocycles. The number of ether oxygens (including phenoxy) is 1. The van der Waals surface area contributed by atoms with Gasteiger partial charge in [-0.2, -0.15) is 0 Å². The van der Waals surface area contributed by atoms with Crippen molar-refractivity contribution in [3.05, 3.63) is 63.9 Å². The van der Waals surface area contributed by atoms with Crippen LogP contribution in [0.3, 0.4) is 0 Å². The number of rotatable bonds is 5. The van der Waals surface area contributed by atoms with Gasteiger partial charge < -0.3 is 19.4 Å². The van der Waals surface area contributed by atoms with Crippen LogP contribution in [0.25, 0.3) is 11.0 Å². The number of fused-ring (bicyclic) bond motifs is 3. The predicted molar refractivity (Wildman–Crippen MR) is 137 cm³/mol. The number of Topliss-reactive ketones (excluding diaryl/α,β-unsaturated/α-hetero) is 1. The van der Waals surface area contributed by atoms with E-state index in [0.29, 0.717) is 39.4 Å². The Balaban J connectivity index is 1.37. The molecule has 1 unspecified atom stereocenters. The smallest absolute Gasteiger partial charge is 0.287 e. The summed E-state index contributed by atoms with van der Waals surface area (Å²) in [5, 5.41) is 4.29. The van der Waals surface area contributed by atoms with Gasteiger partial charge in [0.15, 0.2) is 11.5 Å². The molecule has 35 heavy (non-hydrogen) atoms. The largest absolute Gasteiger partial charge is 0.482 e. The van der Waals surface area contributed by atoms with Crippen molar-refractivity contribution in [3.63, 3.8) is 0 Å². The van der Waals surface area contributed by atoms with E-state index >= 15 is 0 Å². The molecule has 2 aliphatic rings.